The van der Waals surface area contributed by atoms with Gasteiger partial charge in [-0.25, -0.2) is 0 Å². The summed E-state index contributed by atoms with van der Waals surface area (Å²) in [5.41, 5.74) is 1.64. The number of anilines is 1. The first-order chi connectivity index (χ1) is 13.7. The van der Waals surface area contributed by atoms with Gasteiger partial charge in [-0.3, -0.25) is 14.5 Å². The standard InChI is InChI=1S/C21H22N4O3/c1-3-14-28-18-5-4-17(15-19(18)27-2)21(26)23-20-9-13-25(24-20)12-8-16-6-10-22-11-7-16/h3-7,9-11,13,15H,1,8,12,14H2,2H3,(H,23,24,26). The van der Waals surface area contributed by atoms with Crippen molar-refractivity contribution >= 4 is 11.7 Å². The van der Waals surface area contributed by atoms with Crippen molar-refractivity contribution in [2.24, 2.45) is 0 Å². The molecule has 2 aromatic heterocycles. The minimum atomic E-state index is -0.270. The number of rotatable bonds is 9. The van der Waals surface area contributed by atoms with Gasteiger partial charge in [0.05, 0.1) is 7.11 Å². The number of benzene rings is 1. The fourth-order valence-electron chi connectivity index (χ4n) is 2.61. The van der Waals surface area contributed by atoms with E-state index in [-0.39, 0.29) is 5.91 Å². The Labute approximate surface area is 163 Å². The maximum atomic E-state index is 12.5. The number of aryl methyl sites for hydroxylation is 2. The van der Waals surface area contributed by atoms with Crippen molar-refractivity contribution in [2.75, 3.05) is 19.0 Å². The van der Waals surface area contributed by atoms with Crippen molar-refractivity contribution < 1.29 is 14.3 Å². The molecule has 0 fully saturated rings. The van der Waals surface area contributed by atoms with Gasteiger partial charge < -0.3 is 14.8 Å². The van der Waals surface area contributed by atoms with E-state index in [1.807, 2.05) is 18.3 Å². The van der Waals surface area contributed by atoms with Crippen molar-refractivity contribution in [3.63, 3.8) is 0 Å². The van der Waals surface area contributed by atoms with Gasteiger partial charge in [-0.05, 0) is 42.3 Å². The quantitative estimate of drug-likeness (QED) is 0.578. The normalized spacial score (nSPS) is 10.3. The molecule has 1 amide bonds. The lowest BCUT2D eigenvalue weighted by Gasteiger charge is -2.10. The number of ether oxygens (including phenoxy) is 2. The van der Waals surface area contributed by atoms with Crippen LogP contribution in [0.25, 0.3) is 0 Å². The number of methoxy groups -OCH3 is 1. The van der Waals surface area contributed by atoms with Crippen molar-refractivity contribution in [3.05, 3.63) is 78.8 Å². The zero-order valence-corrected chi connectivity index (χ0v) is 15.7. The van der Waals surface area contributed by atoms with Crippen LogP contribution >= 0.6 is 0 Å². The zero-order valence-electron chi connectivity index (χ0n) is 15.7. The van der Waals surface area contributed by atoms with E-state index in [4.69, 9.17) is 9.47 Å². The van der Waals surface area contributed by atoms with Crippen molar-refractivity contribution in [1.82, 2.24) is 14.8 Å². The van der Waals surface area contributed by atoms with Crippen LogP contribution in [0.5, 0.6) is 11.5 Å². The Hall–Kier alpha value is -3.61. The first-order valence-electron chi connectivity index (χ1n) is 8.85. The first-order valence-corrected chi connectivity index (χ1v) is 8.85. The monoisotopic (exact) mass is 378 g/mol. The van der Waals surface area contributed by atoms with E-state index >= 15 is 0 Å². The summed E-state index contributed by atoms with van der Waals surface area (Å²) in [6.07, 6.45) is 7.85. The summed E-state index contributed by atoms with van der Waals surface area (Å²) in [4.78, 5) is 16.5. The molecule has 0 saturated heterocycles. The zero-order chi connectivity index (χ0) is 19.8. The molecule has 28 heavy (non-hydrogen) atoms. The number of aromatic nitrogens is 3. The number of amides is 1. The molecule has 0 aliphatic carbocycles. The third-order valence-electron chi connectivity index (χ3n) is 4.04. The van der Waals surface area contributed by atoms with Gasteiger partial charge in [0.2, 0.25) is 0 Å². The van der Waals surface area contributed by atoms with Gasteiger partial charge in [-0.15, -0.1) is 0 Å². The molecule has 0 atom stereocenters. The topological polar surface area (TPSA) is 78.3 Å². The highest BCUT2D eigenvalue weighted by molar-refractivity contribution is 6.04. The van der Waals surface area contributed by atoms with Gasteiger partial charge in [0, 0.05) is 36.8 Å². The van der Waals surface area contributed by atoms with Gasteiger partial charge in [-0.1, -0.05) is 12.7 Å². The highest BCUT2D eigenvalue weighted by atomic mass is 16.5. The Bertz CT molecular complexity index is 938. The Morgan fingerprint density at radius 3 is 2.79 bits per heavy atom. The third-order valence-corrected chi connectivity index (χ3v) is 4.04. The van der Waals surface area contributed by atoms with Crippen LogP contribution in [0.1, 0.15) is 15.9 Å². The molecular formula is C21H22N4O3. The van der Waals surface area contributed by atoms with E-state index in [1.165, 1.54) is 12.7 Å². The lowest BCUT2D eigenvalue weighted by atomic mass is 10.2. The molecule has 0 bridgehead atoms. The van der Waals surface area contributed by atoms with Crippen LogP contribution in [0.15, 0.2) is 67.6 Å². The molecule has 3 aromatic rings. The SMILES string of the molecule is C=CCOc1ccc(C(=O)Nc2ccn(CCc3ccncc3)n2)cc1OC. The maximum Gasteiger partial charge on any atom is 0.257 e. The van der Waals surface area contributed by atoms with Crippen LogP contribution < -0.4 is 14.8 Å². The Balaban J connectivity index is 1.61. The number of nitrogens with one attached hydrogen (secondary N) is 1. The average Bonchev–Trinajstić information content (AvgIpc) is 3.18. The minimum absolute atomic E-state index is 0.270. The molecule has 1 N–H and O–H groups in total. The summed E-state index contributed by atoms with van der Waals surface area (Å²) < 4.78 is 12.6. The molecular weight excluding hydrogens is 356 g/mol. The average molecular weight is 378 g/mol. The van der Waals surface area contributed by atoms with E-state index in [2.05, 4.69) is 22.0 Å². The van der Waals surface area contributed by atoms with Crippen molar-refractivity contribution in [3.8, 4) is 11.5 Å². The molecule has 0 saturated carbocycles. The summed E-state index contributed by atoms with van der Waals surface area (Å²) in [6.45, 7) is 4.69. The fraction of sp³-hybridized carbons (Fsp3) is 0.190. The number of pyridine rings is 1. The number of nitrogens with zero attached hydrogens (tertiary/aromatic N) is 3. The minimum Gasteiger partial charge on any atom is -0.493 e. The lowest BCUT2D eigenvalue weighted by Crippen LogP contribution is -2.13. The van der Waals surface area contributed by atoms with Crippen LogP contribution in [-0.2, 0) is 13.0 Å². The van der Waals surface area contributed by atoms with E-state index in [0.717, 1.165) is 6.42 Å². The Morgan fingerprint density at radius 1 is 1.21 bits per heavy atom. The molecule has 144 valence electrons. The second-order valence-electron chi connectivity index (χ2n) is 5.99. The molecule has 2 heterocycles. The number of hydrogen-bond donors (Lipinski definition) is 1. The number of carbonyl (C=O) groups is 1. The molecule has 0 aliphatic rings. The van der Waals surface area contributed by atoms with E-state index in [1.54, 1.807) is 47.4 Å². The van der Waals surface area contributed by atoms with Crippen molar-refractivity contribution in [1.29, 1.82) is 0 Å². The molecule has 7 nitrogen and oxygen atoms in total. The summed E-state index contributed by atoms with van der Waals surface area (Å²) >= 11 is 0. The fourth-order valence-corrected chi connectivity index (χ4v) is 2.61. The second kappa shape index (κ2) is 9.36. The van der Waals surface area contributed by atoms with Crippen molar-refractivity contribution in [2.45, 2.75) is 13.0 Å². The van der Waals surface area contributed by atoms with Gasteiger partial charge in [0.1, 0.15) is 6.61 Å². The first kappa shape index (κ1) is 19.2. The summed E-state index contributed by atoms with van der Waals surface area (Å²) in [7, 11) is 1.53. The number of hydrogen-bond acceptors (Lipinski definition) is 5. The molecule has 0 radical (unpaired) electrons. The third kappa shape index (κ3) is 4.97. The number of carbonyl (C=O) groups excluding carboxylic acids is 1. The van der Waals surface area contributed by atoms with Gasteiger partial charge >= 0.3 is 0 Å². The highest BCUT2D eigenvalue weighted by Crippen LogP contribution is 2.28. The van der Waals surface area contributed by atoms with Crippen LogP contribution in [0.4, 0.5) is 5.82 Å². The molecule has 0 aliphatic heterocycles. The predicted molar refractivity (Wildman–Crippen MR) is 107 cm³/mol. The van der Waals surface area contributed by atoms with E-state index in [0.29, 0.717) is 36.0 Å². The summed E-state index contributed by atoms with van der Waals surface area (Å²) in [6, 6.07) is 10.7. The largest absolute Gasteiger partial charge is 0.493 e. The second-order valence-corrected chi connectivity index (χ2v) is 5.99. The predicted octanol–water partition coefficient (Wildman–Crippen LogP) is 3.35. The van der Waals surface area contributed by atoms with Gasteiger partial charge in [-0.2, -0.15) is 5.10 Å². The molecule has 0 unspecified atom stereocenters. The van der Waals surface area contributed by atoms with Crippen LogP contribution in [0, 0.1) is 0 Å². The van der Waals surface area contributed by atoms with Gasteiger partial charge in [0.25, 0.3) is 5.91 Å². The van der Waals surface area contributed by atoms with Crippen LogP contribution in [-0.4, -0.2) is 34.4 Å². The smallest absolute Gasteiger partial charge is 0.257 e. The molecule has 7 heteroatoms. The molecule has 3 rings (SSSR count). The van der Waals surface area contributed by atoms with Crippen LogP contribution in [0.2, 0.25) is 0 Å². The lowest BCUT2D eigenvalue weighted by molar-refractivity contribution is 0.102. The van der Waals surface area contributed by atoms with E-state index in [9.17, 15) is 4.79 Å². The molecule has 1 aromatic carbocycles. The maximum absolute atomic E-state index is 12.5. The van der Waals surface area contributed by atoms with E-state index < -0.39 is 0 Å². The van der Waals surface area contributed by atoms with Crippen LogP contribution in [0.3, 0.4) is 0 Å². The highest BCUT2D eigenvalue weighted by Gasteiger charge is 2.12. The Morgan fingerprint density at radius 2 is 2.04 bits per heavy atom. The summed E-state index contributed by atoms with van der Waals surface area (Å²) in [5, 5.41) is 7.19. The summed E-state index contributed by atoms with van der Waals surface area (Å²) in [5.74, 6) is 1.26. The van der Waals surface area contributed by atoms with Gasteiger partial charge in [0.15, 0.2) is 17.3 Å². The molecule has 0 spiro atoms. The Kier molecular flexibility index (Phi) is 6.41.